The van der Waals surface area contributed by atoms with E-state index in [9.17, 15) is 0 Å². The van der Waals surface area contributed by atoms with E-state index in [1.807, 2.05) is 36.4 Å². The van der Waals surface area contributed by atoms with Crippen molar-refractivity contribution in [2.24, 2.45) is 0 Å². The van der Waals surface area contributed by atoms with Gasteiger partial charge in [0.15, 0.2) is 0 Å². The zero-order valence-corrected chi connectivity index (χ0v) is 9.43. The van der Waals surface area contributed by atoms with Gasteiger partial charge in [0.05, 0.1) is 5.69 Å². The van der Waals surface area contributed by atoms with Gasteiger partial charge in [0.25, 0.3) is 0 Å². The third kappa shape index (κ3) is 4.45. The summed E-state index contributed by atoms with van der Waals surface area (Å²) in [4.78, 5) is 6.44. The van der Waals surface area contributed by atoms with Gasteiger partial charge in [-0.2, -0.15) is 0 Å². The Morgan fingerprint density at radius 3 is 2.60 bits per heavy atom. The fourth-order valence-corrected chi connectivity index (χ4v) is 1.23. The molecular weight excluding hydrogens is 184 g/mol. The Labute approximate surface area is 92.0 Å². The Morgan fingerprint density at radius 2 is 2.00 bits per heavy atom. The Kier molecular flexibility index (Phi) is 5.23. The monoisotopic (exact) mass is 202 g/mol. The fraction of sp³-hybridized carbons (Fsp3) is 0.308. The van der Waals surface area contributed by atoms with Gasteiger partial charge in [-0.1, -0.05) is 12.1 Å². The van der Waals surface area contributed by atoms with E-state index in [4.69, 9.17) is 0 Å². The van der Waals surface area contributed by atoms with Crippen molar-refractivity contribution in [3.8, 4) is 0 Å². The topological polar surface area (TPSA) is 16.1 Å². The molecule has 0 aliphatic carbocycles. The predicted octanol–water partition coefficient (Wildman–Crippen LogP) is 2.95. The van der Waals surface area contributed by atoms with Gasteiger partial charge in [0, 0.05) is 19.3 Å². The highest BCUT2D eigenvalue weighted by Gasteiger charge is 1.86. The zero-order valence-electron chi connectivity index (χ0n) is 9.43. The second-order valence-electron chi connectivity index (χ2n) is 3.18. The first kappa shape index (κ1) is 11.5. The van der Waals surface area contributed by atoms with Gasteiger partial charge >= 0.3 is 0 Å². The molecule has 1 aromatic rings. The van der Waals surface area contributed by atoms with E-state index in [-0.39, 0.29) is 0 Å². The second kappa shape index (κ2) is 6.82. The molecule has 0 N–H and O–H groups in total. The van der Waals surface area contributed by atoms with Crippen molar-refractivity contribution in [1.82, 2.24) is 9.88 Å². The van der Waals surface area contributed by atoms with Gasteiger partial charge in [-0.3, -0.25) is 4.98 Å². The SMILES string of the molecule is CCN(/C=C/C=C/c1ccccn1)CC. The maximum Gasteiger partial charge on any atom is 0.0629 e. The van der Waals surface area contributed by atoms with Crippen LogP contribution in [0.5, 0.6) is 0 Å². The maximum absolute atomic E-state index is 4.20. The first-order valence-electron chi connectivity index (χ1n) is 5.36. The molecule has 0 aromatic carbocycles. The molecule has 15 heavy (non-hydrogen) atoms. The highest BCUT2D eigenvalue weighted by atomic mass is 15.1. The molecule has 0 aliphatic heterocycles. The number of allylic oxidation sites excluding steroid dienone is 2. The van der Waals surface area contributed by atoms with Gasteiger partial charge in [-0.05, 0) is 44.3 Å². The molecule has 0 bridgehead atoms. The minimum Gasteiger partial charge on any atom is -0.378 e. The molecule has 0 radical (unpaired) electrons. The molecule has 1 heterocycles. The molecule has 0 saturated carbocycles. The second-order valence-corrected chi connectivity index (χ2v) is 3.18. The van der Waals surface area contributed by atoms with Crippen LogP contribution in [0, 0.1) is 0 Å². The average Bonchev–Trinajstić information content (AvgIpc) is 2.31. The molecule has 0 fully saturated rings. The van der Waals surface area contributed by atoms with E-state index in [0.717, 1.165) is 18.8 Å². The summed E-state index contributed by atoms with van der Waals surface area (Å²) in [6.45, 7) is 6.39. The van der Waals surface area contributed by atoms with Gasteiger partial charge in [0.2, 0.25) is 0 Å². The van der Waals surface area contributed by atoms with E-state index in [0.29, 0.717) is 0 Å². The zero-order chi connectivity index (χ0) is 10.9. The average molecular weight is 202 g/mol. The van der Waals surface area contributed by atoms with E-state index in [2.05, 4.69) is 29.9 Å². The van der Waals surface area contributed by atoms with Crippen LogP contribution in [0.4, 0.5) is 0 Å². The van der Waals surface area contributed by atoms with Crippen LogP contribution in [-0.4, -0.2) is 23.0 Å². The molecule has 2 nitrogen and oxygen atoms in total. The minimum atomic E-state index is 0.988. The van der Waals surface area contributed by atoms with Crippen LogP contribution in [0.15, 0.2) is 42.7 Å². The van der Waals surface area contributed by atoms with Crippen LogP contribution >= 0.6 is 0 Å². The standard InChI is InChI=1S/C13H18N2/c1-3-15(4-2)12-8-6-10-13-9-5-7-11-14-13/h5-12H,3-4H2,1-2H3/b10-6+,12-8+. The first-order chi connectivity index (χ1) is 7.36. The summed E-state index contributed by atoms with van der Waals surface area (Å²) in [5, 5.41) is 0. The van der Waals surface area contributed by atoms with Crippen LogP contribution < -0.4 is 0 Å². The Hall–Kier alpha value is -1.57. The largest absolute Gasteiger partial charge is 0.378 e. The third-order valence-electron chi connectivity index (χ3n) is 2.18. The molecule has 0 saturated heterocycles. The summed E-state index contributed by atoms with van der Waals surface area (Å²) in [6.07, 6.45) is 9.95. The number of nitrogens with zero attached hydrogens (tertiary/aromatic N) is 2. The van der Waals surface area contributed by atoms with Crippen molar-refractivity contribution in [1.29, 1.82) is 0 Å². The Balaban J connectivity index is 2.46. The lowest BCUT2D eigenvalue weighted by Crippen LogP contribution is -2.14. The van der Waals surface area contributed by atoms with Crippen molar-refractivity contribution in [3.05, 3.63) is 48.4 Å². The molecule has 80 valence electrons. The Morgan fingerprint density at radius 1 is 1.20 bits per heavy atom. The smallest absolute Gasteiger partial charge is 0.0629 e. The van der Waals surface area contributed by atoms with Crippen molar-refractivity contribution >= 4 is 6.08 Å². The lowest BCUT2D eigenvalue weighted by Gasteiger charge is -2.13. The number of hydrogen-bond donors (Lipinski definition) is 0. The van der Waals surface area contributed by atoms with Gasteiger partial charge in [-0.25, -0.2) is 0 Å². The summed E-state index contributed by atoms with van der Waals surface area (Å²) in [6, 6.07) is 5.89. The third-order valence-corrected chi connectivity index (χ3v) is 2.18. The van der Waals surface area contributed by atoms with Crippen molar-refractivity contribution in [3.63, 3.8) is 0 Å². The van der Waals surface area contributed by atoms with Crippen molar-refractivity contribution in [2.45, 2.75) is 13.8 Å². The summed E-state index contributed by atoms with van der Waals surface area (Å²) in [7, 11) is 0. The van der Waals surface area contributed by atoms with Crippen LogP contribution in [0.25, 0.3) is 6.08 Å². The lowest BCUT2D eigenvalue weighted by atomic mass is 10.3. The van der Waals surface area contributed by atoms with Crippen molar-refractivity contribution < 1.29 is 0 Å². The molecule has 0 aliphatic rings. The van der Waals surface area contributed by atoms with Crippen LogP contribution in [-0.2, 0) is 0 Å². The number of hydrogen-bond acceptors (Lipinski definition) is 2. The molecular formula is C13H18N2. The molecule has 0 amide bonds. The van der Waals surface area contributed by atoms with Gasteiger partial charge in [-0.15, -0.1) is 0 Å². The number of pyridine rings is 1. The predicted molar refractivity (Wildman–Crippen MR) is 65.3 cm³/mol. The highest BCUT2D eigenvalue weighted by Crippen LogP contribution is 1.97. The first-order valence-corrected chi connectivity index (χ1v) is 5.36. The van der Waals surface area contributed by atoms with Crippen LogP contribution in [0.1, 0.15) is 19.5 Å². The van der Waals surface area contributed by atoms with E-state index in [1.54, 1.807) is 6.20 Å². The summed E-state index contributed by atoms with van der Waals surface area (Å²) in [5.74, 6) is 0. The quantitative estimate of drug-likeness (QED) is 0.682. The number of aromatic nitrogens is 1. The lowest BCUT2D eigenvalue weighted by molar-refractivity contribution is 0.419. The molecule has 1 rings (SSSR count). The minimum absolute atomic E-state index is 0.988. The summed E-state index contributed by atoms with van der Waals surface area (Å²) >= 11 is 0. The fourth-order valence-electron chi connectivity index (χ4n) is 1.23. The van der Waals surface area contributed by atoms with Gasteiger partial charge < -0.3 is 4.90 Å². The molecule has 0 spiro atoms. The number of rotatable bonds is 5. The molecule has 0 atom stereocenters. The van der Waals surface area contributed by atoms with Crippen LogP contribution in [0.3, 0.4) is 0 Å². The molecule has 0 unspecified atom stereocenters. The summed E-state index contributed by atoms with van der Waals surface area (Å²) < 4.78 is 0. The van der Waals surface area contributed by atoms with E-state index in [1.165, 1.54) is 0 Å². The molecule has 1 aromatic heterocycles. The summed E-state index contributed by atoms with van der Waals surface area (Å²) in [5.41, 5.74) is 0.988. The normalized spacial score (nSPS) is 11.3. The van der Waals surface area contributed by atoms with Crippen LogP contribution in [0.2, 0.25) is 0 Å². The van der Waals surface area contributed by atoms with E-state index >= 15 is 0 Å². The van der Waals surface area contributed by atoms with E-state index < -0.39 is 0 Å². The van der Waals surface area contributed by atoms with Crippen molar-refractivity contribution in [2.75, 3.05) is 13.1 Å². The Bertz CT molecular complexity index is 311. The van der Waals surface area contributed by atoms with Gasteiger partial charge in [0.1, 0.15) is 0 Å². The molecule has 2 heteroatoms. The maximum atomic E-state index is 4.20. The highest BCUT2D eigenvalue weighted by molar-refractivity contribution is 5.46.